The molecular formula is C19H20N2O5. The van der Waals surface area contributed by atoms with Crippen molar-refractivity contribution < 1.29 is 23.5 Å². The summed E-state index contributed by atoms with van der Waals surface area (Å²) in [5.41, 5.74) is 1.12. The molecule has 1 heterocycles. The van der Waals surface area contributed by atoms with Gasteiger partial charge in [0.2, 0.25) is 11.8 Å². The molecule has 0 unspecified atom stereocenters. The van der Waals surface area contributed by atoms with Gasteiger partial charge in [-0.3, -0.25) is 10.1 Å². The van der Waals surface area contributed by atoms with Gasteiger partial charge in [0.1, 0.15) is 28.7 Å². The number of benzene rings is 1. The highest BCUT2D eigenvalue weighted by molar-refractivity contribution is 5.98. The van der Waals surface area contributed by atoms with E-state index in [1.807, 2.05) is 37.3 Å². The van der Waals surface area contributed by atoms with Crippen molar-refractivity contribution in [3.63, 3.8) is 0 Å². The summed E-state index contributed by atoms with van der Waals surface area (Å²) in [7, 11) is 1.21. The molecule has 0 aliphatic carbocycles. The van der Waals surface area contributed by atoms with Crippen LogP contribution in [0.15, 0.2) is 28.7 Å². The molecule has 1 N–H and O–H groups in total. The van der Waals surface area contributed by atoms with E-state index < -0.39 is 5.97 Å². The van der Waals surface area contributed by atoms with Gasteiger partial charge in [-0.05, 0) is 32.4 Å². The van der Waals surface area contributed by atoms with Crippen LogP contribution in [0.4, 0.5) is 5.88 Å². The number of amides is 1. The number of nitriles is 1. The number of hydrogen-bond donors (Lipinski definition) is 1. The number of methoxy groups -OCH3 is 1. The van der Waals surface area contributed by atoms with Gasteiger partial charge in [0.15, 0.2) is 0 Å². The fourth-order valence-corrected chi connectivity index (χ4v) is 2.33. The molecule has 0 aliphatic heterocycles. The summed E-state index contributed by atoms with van der Waals surface area (Å²) in [5, 5.41) is 11.8. The molecule has 0 fully saturated rings. The Balaban J connectivity index is 1.89. The quantitative estimate of drug-likeness (QED) is 0.603. The van der Waals surface area contributed by atoms with E-state index in [9.17, 15) is 14.9 Å². The van der Waals surface area contributed by atoms with E-state index in [1.54, 1.807) is 0 Å². The van der Waals surface area contributed by atoms with Crippen LogP contribution in [0.2, 0.25) is 0 Å². The van der Waals surface area contributed by atoms with Gasteiger partial charge in [-0.25, -0.2) is 4.79 Å². The summed E-state index contributed by atoms with van der Waals surface area (Å²) < 4.78 is 15.5. The Labute approximate surface area is 151 Å². The number of anilines is 1. The second-order valence-corrected chi connectivity index (χ2v) is 5.65. The topological polar surface area (TPSA) is 102 Å². The fraction of sp³-hybridized carbons (Fsp3) is 0.316. The molecule has 1 aromatic carbocycles. The van der Waals surface area contributed by atoms with E-state index in [0.29, 0.717) is 13.0 Å². The zero-order valence-corrected chi connectivity index (χ0v) is 14.9. The van der Waals surface area contributed by atoms with Gasteiger partial charge in [-0.2, -0.15) is 5.26 Å². The molecule has 26 heavy (non-hydrogen) atoms. The minimum atomic E-state index is -0.685. The molecule has 0 saturated heterocycles. The van der Waals surface area contributed by atoms with Crippen molar-refractivity contribution >= 4 is 17.8 Å². The lowest BCUT2D eigenvalue weighted by Crippen LogP contribution is -2.13. The average molecular weight is 356 g/mol. The third-order valence-electron chi connectivity index (χ3n) is 3.68. The number of furan rings is 1. The van der Waals surface area contributed by atoms with E-state index in [-0.39, 0.29) is 35.1 Å². The predicted molar refractivity (Wildman–Crippen MR) is 94.0 cm³/mol. The Kier molecular flexibility index (Phi) is 6.39. The Hall–Kier alpha value is -3.27. The molecule has 0 saturated carbocycles. The lowest BCUT2D eigenvalue weighted by Gasteiger charge is -2.06. The number of aryl methyl sites for hydroxylation is 2. The zero-order chi connectivity index (χ0) is 19.1. The smallest absolute Gasteiger partial charge is 0.342 e. The molecule has 0 radical (unpaired) electrons. The van der Waals surface area contributed by atoms with Crippen LogP contribution in [0.1, 0.15) is 40.1 Å². The minimum absolute atomic E-state index is 0.0213. The average Bonchev–Trinajstić information content (AvgIpc) is 2.94. The predicted octanol–water partition coefficient (Wildman–Crippen LogP) is 3.35. The SMILES string of the molecule is COC(=O)c1c(C)oc(NC(=O)CCCOc2ccc(C)cc2)c1C#N. The highest BCUT2D eigenvalue weighted by atomic mass is 16.5. The number of rotatable bonds is 7. The number of hydrogen-bond acceptors (Lipinski definition) is 6. The van der Waals surface area contributed by atoms with Crippen LogP contribution in [-0.4, -0.2) is 25.6 Å². The minimum Gasteiger partial charge on any atom is -0.494 e. The first-order chi connectivity index (χ1) is 12.5. The molecule has 1 amide bonds. The zero-order valence-electron chi connectivity index (χ0n) is 14.9. The summed E-state index contributed by atoms with van der Waals surface area (Å²) in [4.78, 5) is 23.8. The standard InChI is InChI=1S/C19H20N2O5/c1-12-6-8-14(9-7-12)25-10-4-5-16(22)21-18-15(11-20)17(13(2)26-18)19(23)24-3/h6-9H,4-5,10H2,1-3H3,(H,21,22). The normalized spacial score (nSPS) is 10.1. The lowest BCUT2D eigenvalue weighted by molar-refractivity contribution is -0.116. The number of nitrogens with one attached hydrogen (secondary N) is 1. The molecule has 7 heteroatoms. The molecule has 136 valence electrons. The molecule has 0 bridgehead atoms. The van der Waals surface area contributed by atoms with Crippen molar-refractivity contribution in [3.8, 4) is 11.8 Å². The van der Waals surface area contributed by atoms with E-state index in [2.05, 4.69) is 10.1 Å². The van der Waals surface area contributed by atoms with Gasteiger partial charge in [-0.15, -0.1) is 0 Å². The van der Waals surface area contributed by atoms with Crippen molar-refractivity contribution in [1.29, 1.82) is 5.26 Å². The van der Waals surface area contributed by atoms with Crippen LogP contribution in [0.25, 0.3) is 0 Å². The first kappa shape index (κ1) is 19.1. The van der Waals surface area contributed by atoms with Crippen LogP contribution in [0.5, 0.6) is 5.75 Å². The van der Waals surface area contributed by atoms with Crippen LogP contribution < -0.4 is 10.1 Å². The maximum atomic E-state index is 12.0. The van der Waals surface area contributed by atoms with E-state index >= 15 is 0 Å². The van der Waals surface area contributed by atoms with E-state index in [4.69, 9.17) is 9.15 Å². The monoisotopic (exact) mass is 356 g/mol. The second kappa shape index (κ2) is 8.72. The molecule has 1 aromatic heterocycles. The summed E-state index contributed by atoms with van der Waals surface area (Å²) in [6.07, 6.45) is 0.676. The molecule has 0 aliphatic rings. The van der Waals surface area contributed by atoms with E-state index in [1.165, 1.54) is 14.0 Å². The molecule has 2 rings (SSSR count). The molecule has 0 atom stereocenters. The summed E-state index contributed by atoms with van der Waals surface area (Å²) in [5.74, 6) is -0.109. The van der Waals surface area contributed by atoms with Crippen LogP contribution in [0.3, 0.4) is 0 Å². The van der Waals surface area contributed by atoms with Crippen molar-refractivity contribution in [2.24, 2.45) is 0 Å². The third kappa shape index (κ3) is 4.63. The van der Waals surface area contributed by atoms with Gasteiger partial charge < -0.3 is 13.9 Å². The Morgan fingerprint density at radius 1 is 1.23 bits per heavy atom. The van der Waals surface area contributed by atoms with Crippen LogP contribution in [0, 0.1) is 25.2 Å². The first-order valence-corrected chi connectivity index (χ1v) is 8.07. The van der Waals surface area contributed by atoms with E-state index in [0.717, 1.165) is 11.3 Å². The van der Waals surface area contributed by atoms with Crippen molar-refractivity contribution in [2.45, 2.75) is 26.7 Å². The van der Waals surface area contributed by atoms with Gasteiger partial charge in [0, 0.05) is 6.42 Å². The van der Waals surface area contributed by atoms with Gasteiger partial charge in [0.05, 0.1) is 13.7 Å². The number of esters is 1. The number of ether oxygens (including phenoxy) is 2. The lowest BCUT2D eigenvalue weighted by atomic mass is 10.1. The molecular weight excluding hydrogens is 336 g/mol. The first-order valence-electron chi connectivity index (χ1n) is 8.07. The Bertz CT molecular complexity index is 831. The Morgan fingerprint density at radius 3 is 2.54 bits per heavy atom. The molecule has 0 spiro atoms. The number of nitrogens with zero attached hydrogens (tertiary/aromatic N) is 1. The maximum Gasteiger partial charge on any atom is 0.342 e. The molecule has 7 nitrogen and oxygen atoms in total. The maximum absolute atomic E-state index is 12.0. The Morgan fingerprint density at radius 2 is 1.92 bits per heavy atom. The van der Waals surface area contributed by atoms with Crippen molar-refractivity contribution in [3.05, 3.63) is 46.7 Å². The molecule has 2 aromatic rings. The third-order valence-corrected chi connectivity index (χ3v) is 3.68. The van der Waals surface area contributed by atoms with Crippen molar-refractivity contribution in [2.75, 3.05) is 19.0 Å². The highest BCUT2D eigenvalue weighted by Crippen LogP contribution is 2.27. The number of carbonyl (C=O) groups excluding carboxylic acids is 2. The second-order valence-electron chi connectivity index (χ2n) is 5.65. The van der Waals surface area contributed by atoms with Crippen LogP contribution in [-0.2, 0) is 9.53 Å². The largest absolute Gasteiger partial charge is 0.494 e. The number of carbonyl (C=O) groups is 2. The summed E-state index contributed by atoms with van der Waals surface area (Å²) >= 11 is 0. The highest BCUT2D eigenvalue weighted by Gasteiger charge is 2.25. The van der Waals surface area contributed by atoms with Gasteiger partial charge >= 0.3 is 5.97 Å². The van der Waals surface area contributed by atoms with Crippen LogP contribution >= 0.6 is 0 Å². The fourth-order valence-electron chi connectivity index (χ4n) is 2.33. The van der Waals surface area contributed by atoms with Crippen molar-refractivity contribution in [1.82, 2.24) is 0 Å². The van der Waals surface area contributed by atoms with Gasteiger partial charge in [-0.1, -0.05) is 17.7 Å². The van der Waals surface area contributed by atoms with Gasteiger partial charge in [0.25, 0.3) is 0 Å². The summed E-state index contributed by atoms with van der Waals surface area (Å²) in [6, 6.07) is 9.50. The summed E-state index contributed by atoms with van der Waals surface area (Å²) in [6.45, 7) is 3.90.